The van der Waals surface area contributed by atoms with E-state index < -0.39 is 0 Å². The van der Waals surface area contributed by atoms with Gasteiger partial charge in [0.1, 0.15) is 23.3 Å². The lowest BCUT2D eigenvalue weighted by atomic mass is 10.1. The number of hydrogen-bond donors (Lipinski definition) is 1. The van der Waals surface area contributed by atoms with Crippen molar-refractivity contribution >= 4 is 23.3 Å². The molecular formula is C15H23ClN4O. The van der Waals surface area contributed by atoms with E-state index in [0.29, 0.717) is 11.0 Å². The summed E-state index contributed by atoms with van der Waals surface area (Å²) in [7, 11) is 0. The van der Waals surface area contributed by atoms with E-state index in [1.807, 2.05) is 11.8 Å². The normalized spacial score (nSPS) is 16.6. The molecule has 1 aromatic rings. The third-order valence-corrected chi connectivity index (χ3v) is 4.11. The van der Waals surface area contributed by atoms with Gasteiger partial charge in [-0.2, -0.15) is 0 Å². The summed E-state index contributed by atoms with van der Waals surface area (Å²) >= 11 is 6.13. The average molecular weight is 311 g/mol. The van der Waals surface area contributed by atoms with Gasteiger partial charge in [-0.3, -0.25) is 4.79 Å². The molecule has 1 saturated heterocycles. The molecule has 1 aliphatic heterocycles. The number of anilines is 1. The van der Waals surface area contributed by atoms with Gasteiger partial charge in [0, 0.05) is 18.7 Å². The molecule has 1 N–H and O–H groups in total. The van der Waals surface area contributed by atoms with Gasteiger partial charge < -0.3 is 10.2 Å². The standard InChI is InChI=1S/C15H23ClN4O/c1-3-7-12-13(16)17-10-18-14(12)19-11(2)15(21)20-8-5-4-6-9-20/h10-11H,3-9H2,1-2H3,(H,17,18,19). The number of aromatic nitrogens is 2. The number of nitrogens with zero attached hydrogens (tertiary/aromatic N) is 3. The number of nitrogens with one attached hydrogen (secondary N) is 1. The Hall–Kier alpha value is -1.36. The molecule has 116 valence electrons. The molecule has 6 heteroatoms. The van der Waals surface area contributed by atoms with Crippen molar-refractivity contribution in [2.45, 2.75) is 52.0 Å². The van der Waals surface area contributed by atoms with E-state index in [4.69, 9.17) is 11.6 Å². The van der Waals surface area contributed by atoms with E-state index in [0.717, 1.165) is 44.3 Å². The van der Waals surface area contributed by atoms with Gasteiger partial charge in [0.15, 0.2) is 0 Å². The summed E-state index contributed by atoms with van der Waals surface area (Å²) in [5, 5.41) is 3.67. The summed E-state index contributed by atoms with van der Waals surface area (Å²) in [6.07, 6.45) is 6.59. The highest BCUT2D eigenvalue weighted by molar-refractivity contribution is 6.30. The van der Waals surface area contributed by atoms with E-state index >= 15 is 0 Å². The Morgan fingerprint density at radius 2 is 2.10 bits per heavy atom. The lowest BCUT2D eigenvalue weighted by Crippen LogP contribution is -2.44. The first-order valence-corrected chi connectivity index (χ1v) is 8.06. The van der Waals surface area contributed by atoms with E-state index in [1.54, 1.807) is 0 Å². The second kappa shape index (κ2) is 7.59. The highest BCUT2D eigenvalue weighted by atomic mass is 35.5. The van der Waals surface area contributed by atoms with Crippen LogP contribution in [-0.4, -0.2) is 39.9 Å². The first kappa shape index (κ1) is 16.0. The monoisotopic (exact) mass is 310 g/mol. The fraction of sp³-hybridized carbons (Fsp3) is 0.667. The summed E-state index contributed by atoms with van der Waals surface area (Å²) in [4.78, 5) is 22.6. The maximum Gasteiger partial charge on any atom is 0.244 e. The lowest BCUT2D eigenvalue weighted by molar-refractivity contribution is -0.132. The highest BCUT2D eigenvalue weighted by Crippen LogP contribution is 2.22. The van der Waals surface area contributed by atoms with Crippen LogP contribution < -0.4 is 5.32 Å². The number of rotatable bonds is 5. The molecule has 0 bridgehead atoms. The fourth-order valence-electron chi connectivity index (χ4n) is 2.64. The lowest BCUT2D eigenvalue weighted by Gasteiger charge is -2.29. The minimum Gasteiger partial charge on any atom is -0.358 e. The van der Waals surface area contributed by atoms with Crippen LogP contribution in [-0.2, 0) is 11.2 Å². The molecule has 0 aromatic carbocycles. The first-order chi connectivity index (χ1) is 10.1. The summed E-state index contributed by atoms with van der Waals surface area (Å²) in [6.45, 7) is 5.67. The number of halogens is 1. The van der Waals surface area contributed by atoms with Crippen LogP contribution in [0.1, 0.15) is 45.1 Å². The van der Waals surface area contributed by atoms with Crippen molar-refractivity contribution in [1.82, 2.24) is 14.9 Å². The summed E-state index contributed by atoms with van der Waals surface area (Å²) < 4.78 is 0. The van der Waals surface area contributed by atoms with Gasteiger partial charge in [-0.15, -0.1) is 0 Å². The third-order valence-electron chi connectivity index (χ3n) is 3.78. The Bertz CT molecular complexity index is 489. The molecule has 0 spiro atoms. The molecule has 1 amide bonds. The second-order valence-electron chi connectivity index (χ2n) is 5.49. The molecule has 2 rings (SSSR count). The third kappa shape index (κ3) is 4.06. The average Bonchev–Trinajstić information content (AvgIpc) is 2.51. The Labute approximate surface area is 131 Å². The molecule has 21 heavy (non-hydrogen) atoms. The summed E-state index contributed by atoms with van der Waals surface area (Å²) in [5.74, 6) is 0.807. The van der Waals surface area contributed by atoms with E-state index in [9.17, 15) is 4.79 Å². The molecule has 1 fully saturated rings. The molecule has 1 aliphatic rings. The van der Waals surface area contributed by atoms with Gasteiger partial charge in [0.2, 0.25) is 5.91 Å². The maximum atomic E-state index is 12.4. The fourth-order valence-corrected chi connectivity index (χ4v) is 2.87. The Balaban J connectivity index is 2.06. The van der Waals surface area contributed by atoms with Crippen LogP contribution in [0.15, 0.2) is 6.33 Å². The molecule has 1 aromatic heterocycles. The molecule has 1 unspecified atom stereocenters. The summed E-state index contributed by atoms with van der Waals surface area (Å²) in [5.41, 5.74) is 0.889. The second-order valence-corrected chi connectivity index (χ2v) is 5.85. The molecule has 0 saturated carbocycles. The predicted molar refractivity (Wildman–Crippen MR) is 84.6 cm³/mol. The minimum absolute atomic E-state index is 0.131. The quantitative estimate of drug-likeness (QED) is 0.850. The van der Waals surface area contributed by atoms with E-state index in [1.165, 1.54) is 12.7 Å². The smallest absolute Gasteiger partial charge is 0.244 e. The van der Waals surface area contributed by atoms with Gasteiger partial charge in [-0.1, -0.05) is 24.9 Å². The van der Waals surface area contributed by atoms with Crippen LogP contribution in [0.3, 0.4) is 0 Å². The number of hydrogen-bond acceptors (Lipinski definition) is 4. The van der Waals surface area contributed by atoms with Crippen molar-refractivity contribution in [2.24, 2.45) is 0 Å². The Morgan fingerprint density at radius 3 is 2.76 bits per heavy atom. The number of amides is 1. The summed E-state index contributed by atoms with van der Waals surface area (Å²) in [6, 6.07) is -0.301. The van der Waals surface area contributed by atoms with Crippen LogP contribution in [0.2, 0.25) is 5.15 Å². The van der Waals surface area contributed by atoms with Crippen LogP contribution in [0.4, 0.5) is 5.82 Å². The minimum atomic E-state index is -0.301. The topological polar surface area (TPSA) is 58.1 Å². The zero-order valence-electron chi connectivity index (χ0n) is 12.7. The molecule has 5 nitrogen and oxygen atoms in total. The van der Waals surface area contributed by atoms with Crippen molar-refractivity contribution in [3.05, 3.63) is 17.0 Å². The van der Waals surface area contributed by atoms with E-state index in [-0.39, 0.29) is 11.9 Å². The van der Waals surface area contributed by atoms with Crippen LogP contribution >= 0.6 is 11.6 Å². The molecular weight excluding hydrogens is 288 g/mol. The van der Waals surface area contributed by atoms with Gasteiger partial charge in [0.25, 0.3) is 0 Å². The predicted octanol–water partition coefficient (Wildman–Crippen LogP) is 2.90. The SMILES string of the molecule is CCCc1c(Cl)ncnc1NC(C)C(=O)N1CCCCC1. The van der Waals surface area contributed by atoms with Crippen LogP contribution in [0.25, 0.3) is 0 Å². The van der Waals surface area contributed by atoms with Gasteiger partial charge in [-0.25, -0.2) is 9.97 Å². The van der Waals surface area contributed by atoms with E-state index in [2.05, 4.69) is 22.2 Å². The first-order valence-electron chi connectivity index (χ1n) is 7.68. The molecule has 1 atom stereocenters. The largest absolute Gasteiger partial charge is 0.358 e. The van der Waals surface area contributed by atoms with Gasteiger partial charge >= 0.3 is 0 Å². The zero-order chi connectivity index (χ0) is 15.2. The highest BCUT2D eigenvalue weighted by Gasteiger charge is 2.23. The van der Waals surface area contributed by atoms with Gasteiger partial charge in [0.05, 0.1) is 0 Å². The van der Waals surface area contributed by atoms with Crippen molar-refractivity contribution in [2.75, 3.05) is 18.4 Å². The van der Waals surface area contributed by atoms with Crippen molar-refractivity contribution in [3.8, 4) is 0 Å². The zero-order valence-corrected chi connectivity index (χ0v) is 13.5. The maximum absolute atomic E-state index is 12.4. The van der Waals surface area contributed by atoms with Gasteiger partial charge in [-0.05, 0) is 32.6 Å². The van der Waals surface area contributed by atoms with Crippen molar-refractivity contribution < 1.29 is 4.79 Å². The number of piperidine rings is 1. The number of carbonyl (C=O) groups excluding carboxylic acids is 1. The van der Waals surface area contributed by atoms with Crippen molar-refractivity contribution in [1.29, 1.82) is 0 Å². The number of carbonyl (C=O) groups is 1. The van der Waals surface area contributed by atoms with Crippen LogP contribution in [0.5, 0.6) is 0 Å². The molecule has 2 heterocycles. The Kier molecular flexibility index (Phi) is 5.79. The van der Waals surface area contributed by atoms with Crippen LogP contribution in [0, 0.1) is 0 Å². The molecule has 0 radical (unpaired) electrons. The Morgan fingerprint density at radius 1 is 1.38 bits per heavy atom. The van der Waals surface area contributed by atoms with Crippen molar-refractivity contribution in [3.63, 3.8) is 0 Å². The molecule has 0 aliphatic carbocycles. The number of likely N-dealkylation sites (tertiary alicyclic amines) is 1.